The van der Waals surface area contributed by atoms with E-state index in [1.165, 1.54) is 0 Å². The van der Waals surface area contributed by atoms with Crippen molar-refractivity contribution in [2.45, 2.75) is 83.2 Å². The second-order valence-corrected chi connectivity index (χ2v) is 12.7. The van der Waals surface area contributed by atoms with E-state index >= 15 is 8.78 Å². The predicted octanol–water partition coefficient (Wildman–Crippen LogP) is 3.62. The molecule has 1 aromatic rings. The van der Waals surface area contributed by atoms with E-state index in [1.807, 2.05) is 0 Å². The van der Waals surface area contributed by atoms with E-state index in [0.717, 1.165) is 12.3 Å². The monoisotopic (exact) mass is 561 g/mol. The van der Waals surface area contributed by atoms with E-state index in [-0.39, 0.29) is 17.1 Å². The van der Waals surface area contributed by atoms with Crippen molar-refractivity contribution in [1.82, 2.24) is 10.2 Å². The van der Waals surface area contributed by atoms with Crippen molar-refractivity contribution in [2.75, 3.05) is 6.56 Å². The van der Waals surface area contributed by atoms with E-state index in [2.05, 4.69) is 11.9 Å². The number of phosphoric acid groups is 1. The molecule has 0 saturated carbocycles. The SMILES string of the molecule is [2H]C([2H])(OP1(=O)OCc2c(F)c(C(C)(C)C)cc(C(C)(C)C)c2O1)[C@@]1(F)O[C@@]([2H])(N2C=CC(=O)NC2=C)[C@H](O)[C@@H]1O. The van der Waals surface area contributed by atoms with Crippen molar-refractivity contribution >= 4 is 13.7 Å². The Morgan fingerprint density at radius 3 is 2.53 bits per heavy atom. The average molecular weight is 562 g/mol. The van der Waals surface area contributed by atoms with Crippen LogP contribution >= 0.6 is 7.82 Å². The molecule has 1 unspecified atom stereocenters. The first-order valence-electron chi connectivity index (χ1n) is 13.2. The number of aliphatic hydroxyl groups is 2. The summed E-state index contributed by atoms with van der Waals surface area (Å²) in [5.74, 6) is -5.95. The first-order valence-corrected chi connectivity index (χ1v) is 13.2. The Balaban J connectivity index is 1.70. The zero-order valence-corrected chi connectivity index (χ0v) is 22.7. The molecule has 3 aliphatic rings. The molecule has 3 N–H and O–H groups in total. The minimum Gasteiger partial charge on any atom is -0.403 e. The molecule has 1 fully saturated rings. The molecule has 1 saturated heterocycles. The Morgan fingerprint density at radius 1 is 1.32 bits per heavy atom. The number of aliphatic hydroxyl groups excluding tert-OH is 2. The number of benzene rings is 1. The van der Waals surface area contributed by atoms with Crippen LogP contribution in [0, 0.1) is 5.82 Å². The maximum absolute atomic E-state index is 16.2. The molecule has 4 rings (SSSR count). The summed E-state index contributed by atoms with van der Waals surface area (Å²) in [5, 5.41) is 23.3. The molecular weight excluding hydrogens is 525 g/mol. The fraction of sp³-hybridized carbons (Fsp3) is 0.560. The van der Waals surface area contributed by atoms with Gasteiger partial charge in [-0.05, 0) is 22.5 Å². The maximum Gasteiger partial charge on any atom is 0.530 e. The van der Waals surface area contributed by atoms with Crippen molar-refractivity contribution < 1.29 is 50.8 Å². The number of hydrogen-bond donors (Lipinski definition) is 3. The summed E-state index contributed by atoms with van der Waals surface area (Å²) in [5.41, 5.74) is -0.692. The summed E-state index contributed by atoms with van der Waals surface area (Å²) in [4.78, 5) is 12.2. The maximum atomic E-state index is 16.2. The summed E-state index contributed by atoms with van der Waals surface area (Å²) >= 11 is 0. The number of carbonyl (C=O) groups is 1. The van der Waals surface area contributed by atoms with Crippen molar-refractivity contribution in [2.24, 2.45) is 0 Å². The normalized spacial score (nSPS) is 35.2. The molecule has 0 aromatic heterocycles. The number of nitrogens with one attached hydrogen (secondary N) is 1. The number of hydrogen-bond acceptors (Lipinski definition) is 9. The van der Waals surface area contributed by atoms with E-state index < -0.39 is 67.8 Å². The second-order valence-electron chi connectivity index (χ2n) is 11.2. The summed E-state index contributed by atoms with van der Waals surface area (Å²) in [6, 6.07) is 1.54. The summed E-state index contributed by atoms with van der Waals surface area (Å²) < 4.78 is 90.8. The molecule has 0 spiro atoms. The van der Waals surface area contributed by atoms with Crippen LogP contribution in [0.4, 0.5) is 8.78 Å². The highest BCUT2D eigenvalue weighted by Crippen LogP contribution is 2.58. The third kappa shape index (κ3) is 5.13. The van der Waals surface area contributed by atoms with Gasteiger partial charge in [-0.2, -0.15) is 0 Å². The van der Waals surface area contributed by atoms with Crippen LogP contribution in [0.2, 0.25) is 0 Å². The highest BCUT2D eigenvalue weighted by atomic mass is 31.2. The molecule has 0 aliphatic carbocycles. The summed E-state index contributed by atoms with van der Waals surface area (Å²) in [6.07, 6.45) is -6.41. The Morgan fingerprint density at radius 2 is 1.95 bits per heavy atom. The lowest BCUT2D eigenvalue weighted by molar-refractivity contribution is -0.208. The molecule has 1 amide bonds. The van der Waals surface area contributed by atoms with Crippen LogP contribution < -0.4 is 9.84 Å². The van der Waals surface area contributed by atoms with Gasteiger partial charge >= 0.3 is 7.82 Å². The molecule has 38 heavy (non-hydrogen) atoms. The highest BCUT2D eigenvalue weighted by molar-refractivity contribution is 7.49. The van der Waals surface area contributed by atoms with Crippen LogP contribution in [-0.4, -0.2) is 51.8 Å². The first kappa shape index (κ1) is 24.7. The number of nitrogens with zero attached hydrogens (tertiary/aromatic N) is 1. The molecule has 0 bridgehead atoms. The zero-order chi connectivity index (χ0) is 31.1. The lowest BCUT2D eigenvalue weighted by Crippen LogP contribution is -2.46. The van der Waals surface area contributed by atoms with Gasteiger partial charge in [-0.25, -0.2) is 13.3 Å². The number of rotatable bonds is 4. The number of fused-ring (bicyclic) bond motifs is 1. The second kappa shape index (κ2) is 9.39. The minimum absolute atomic E-state index is 0.0943. The van der Waals surface area contributed by atoms with E-state index in [4.69, 9.17) is 22.4 Å². The van der Waals surface area contributed by atoms with Gasteiger partial charge in [0.25, 0.3) is 11.8 Å². The Bertz CT molecular complexity index is 1380. The van der Waals surface area contributed by atoms with Gasteiger partial charge in [0.15, 0.2) is 6.20 Å². The summed E-state index contributed by atoms with van der Waals surface area (Å²) in [7, 11) is -5.09. The highest BCUT2D eigenvalue weighted by Gasteiger charge is 2.58. The van der Waals surface area contributed by atoms with Crippen molar-refractivity contribution in [1.29, 1.82) is 0 Å². The van der Waals surface area contributed by atoms with Crippen LogP contribution in [0.5, 0.6) is 5.75 Å². The van der Waals surface area contributed by atoms with Crippen LogP contribution in [0.25, 0.3) is 0 Å². The van der Waals surface area contributed by atoms with E-state index in [9.17, 15) is 19.6 Å². The molecular formula is C25H33F2N2O8P. The van der Waals surface area contributed by atoms with Crippen LogP contribution in [0.1, 0.15) is 62.3 Å². The molecule has 10 nitrogen and oxygen atoms in total. The third-order valence-electron chi connectivity index (χ3n) is 6.15. The summed E-state index contributed by atoms with van der Waals surface area (Å²) in [6.45, 7) is 9.66. The molecule has 1 aromatic carbocycles. The fourth-order valence-corrected chi connectivity index (χ4v) is 5.14. The first-order chi connectivity index (χ1) is 18.5. The number of carbonyl (C=O) groups excluding carboxylic acids is 1. The largest absolute Gasteiger partial charge is 0.530 e. The van der Waals surface area contributed by atoms with Gasteiger partial charge in [-0.3, -0.25) is 13.8 Å². The number of alkyl halides is 1. The third-order valence-corrected chi connectivity index (χ3v) is 7.31. The Labute approximate surface area is 224 Å². The van der Waals surface area contributed by atoms with Gasteiger partial charge in [0.2, 0.25) is 0 Å². The van der Waals surface area contributed by atoms with Crippen LogP contribution in [0.15, 0.2) is 30.7 Å². The number of amides is 1. The van der Waals surface area contributed by atoms with Gasteiger partial charge in [-0.15, -0.1) is 0 Å². The van der Waals surface area contributed by atoms with Crippen molar-refractivity contribution in [3.05, 3.63) is 53.2 Å². The topological polar surface area (TPSA) is 127 Å². The lowest BCUT2D eigenvalue weighted by atomic mass is 9.78. The van der Waals surface area contributed by atoms with Gasteiger partial charge in [-0.1, -0.05) is 48.1 Å². The lowest BCUT2D eigenvalue weighted by Gasteiger charge is -2.34. The van der Waals surface area contributed by atoms with E-state index in [1.54, 1.807) is 47.6 Å². The van der Waals surface area contributed by atoms with Gasteiger partial charge in [0.05, 0.1) is 16.3 Å². The quantitative estimate of drug-likeness (QED) is 0.473. The number of ether oxygens (including phenoxy) is 1. The van der Waals surface area contributed by atoms with E-state index in [0.29, 0.717) is 16.0 Å². The zero-order valence-electron chi connectivity index (χ0n) is 24.8. The number of halogens is 2. The standard InChI is InChI=1S/C25H33F2N2O8P/c1-13-28-17(30)8-9-29(13)22-19(31)21(32)25(27,36-22)12-35-38(33)34-11-14-18(26)15(23(2,3)4)10-16(20(14)37-38)24(5,6)7/h8-10,19,21-22,31-32H,1,11-12H2,2-7H3,(H,28,30)/t19-,21+,22-,25-,38?/m1/s1/i12D2,22D. The molecule has 0 radical (unpaired) electrons. The van der Waals surface area contributed by atoms with Crippen molar-refractivity contribution in [3.63, 3.8) is 0 Å². The average Bonchev–Trinajstić information content (AvgIpc) is 2.98. The molecule has 5 atom stereocenters. The Hall–Kier alpha value is -2.34. The Kier molecular flexibility index (Phi) is 6.10. The molecule has 13 heteroatoms. The number of phosphoric ester groups is 1. The fourth-order valence-electron chi connectivity index (χ4n) is 4.05. The molecule has 210 valence electrons. The van der Waals surface area contributed by atoms with Crippen LogP contribution in [-0.2, 0) is 40.6 Å². The minimum atomic E-state index is -5.09. The van der Waals surface area contributed by atoms with Gasteiger partial charge < -0.3 is 29.7 Å². The molecule has 3 aliphatic heterocycles. The smallest absolute Gasteiger partial charge is 0.403 e. The van der Waals surface area contributed by atoms with Gasteiger partial charge in [0.1, 0.15) is 36.2 Å². The van der Waals surface area contributed by atoms with Crippen LogP contribution in [0.3, 0.4) is 0 Å². The van der Waals surface area contributed by atoms with Crippen molar-refractivity contribution in [3.8, 4) is 5.75 Å². The van der Waals surface area contributed by atoms with Gasteiger partial charge in [0, 0.05) is 17.8 Å². The predicted molar refractivity (Wildman–Crippen MR) is 132 cm³/mol. The molecule has 3 heterocycles.